The molecule has 1 aliphatic carbocycles. The van der Waals surface area contributed by atoms with Crippen molar-refractivity contribution in [3.05, 3.63) is 23.8 Å². The van der Waals surface area contributed by atoms with Crippen molar-refractivity contribution in [1.29, 1.82) is 0 Å². The van der Waals surface area contributed by atoms with Crippen LogP contribution in [0.4, 0.5) is 4.79 Å². The molecule has 1 aliphatic heterocycles. The van der Waals surface area contributed by atoms with E-state index in [2.05, 4.69) is 5.32 Å². The highest BCUT2D eigenvalue weighted by atomic mass is 16.6. The van der Waals surface area contributed by atoms with Crippen molar-refractivity contribution >= 4 is 6.09 Å². The molecule has 1 heterocycles. The van der Waals surface area contributed by atoms with Crippen molar-refractivity contribution < 1.29 is 19.0 Å². The molecule has 0 spiro atoms. The van der Waals surface area contributed by atoms with Gasteiger partial charge in [-0.05, 0) is 51.5 Å². The Kier molecular flexibility index (Phi) is 5.84. The molecule has 1 aromatic rings. The summed E-state index contributed by atoms with van der Waals surface area (Å²) in [6.07, 6.45) is 2.12. The van der Waals surface area contributed by atoms with Gasteiger partial charge in [0.15, 0.2) is 0 Å². The summed E-state index contributed by atoms with van der Waals surface area (Å²) >= 11 is 0. The van der Waals surface area contributed by atoms with Crippen LogP contribution >= 0.6 is 0 Å². The van der Waals surface area contributed by atoms with Gasteiger partial charge in [0.25, 0.3) is 0 Å². The number of carbonyl (C=O) groups is 1. The lowest BCUT2D eigenvalue weighted by atomic mass is 9.92. The van der Waals surface area contributed by atoms with Gasteiger partial charge in [-0.1, -0.05) is 6.07 Å². The molecular weight excluding hydrogens is 344 g/mol. The Hall–Kier alpha value is -1.95. The SMILES string of the molecule is COc1ccc(CNC2C3CCC2CN(C(=O)OC(C)(C)C)C3)c(OC)c1. The maximum Gasteiger partial charge on any atom is 0.410 e. The zero-order valence-corrected chi connectivity index (χ0v) is 17.1. The van der Waals surface area contributed by atoms with Gasteiger partial charge in [0, 0.05) is 37.3 Å². The predicted molar refractivity (Wildman–Crippen MR) is 104 cm³/mol. The van der Waals surface area contributed by atoms with Crippen LogP contribution in [0.1, 0.15) is 39.2 Å². The van der Waals surface area contributed by atoms with Crippen molar-refractivity contribution in [1.82, 2.24) is 10.2 Å². The minimum atomic E-state index is -0.448. The van der Waals surface area contributed by atoms with E-state index in [0.29, 0.717) is 17.9 Å². The summed E-state index contributed by atoms with van der Waals surface area (Å²) in [5.41, 5.74) is 0.670. The highest BCUT2D eigenvalue weighted by molar-refractivity contribution is 5.68. The molecule has 2 aliphatic rings. The zero-order chi connectivity index (χ0) is 19.6. The first kappa shape index (κ1) is 19.8. The molecule has 1 amide bonds. The molecule has 1 aromatic carbocycles. The average molecular weight is 376 g/mol. The van der Waals surface area contributed by atoms with E-state index in [9.17, 15) is 4.79 Å². The van der Waals surface area contributed by atoms with Crippen LogP contribution in [0.25, 0.3) is 0 Å². The number of amides is 1. The fourth-order valence-electron chi connectivity index (χ4n) is 4.26. The van der Waals surface area contributed by atoms with Gasteiger partial charge in [-0.25, -0.2) is 4.79 Å². The monoisotopic (exact) mass is 376 g/mol. The standard InChI is InChI=1S/C21H32N2O4/c1-21(2,3)27-20(24)23-12-15-6-7-16(13-23)19(15)22-11-14-8-9-17(25-4)10-18(14)26-5/h8-10,15-16,19,22H,6-7,11-13H2,1-5H3. The Balaban J connectivity index is 1.60. The minimum absolute atomic E-state index is 0.185. The molecule has 1 saturated carbocycles. The molecule has 2 bridgehead atoms. The van der Waals surface area contributed by atoms with Crippen LogP contribution in [0.2, 0.25) is 0 Å². The number of ether oxygens (including phenoxy) is 3. The van der Waals surface area contributed by atoms with Gasteiger partial charge in [-0.15, -0.1) is 0 Å². The first-order chi connectivity index (χ1) is 12.8. The Morgan fingerprint density at radius 3 is 2.37 bits per heavy atom. The van der Waals surface area contributed by atoms with Crippen molar-refractivity contribution in [2.45, 2.75) is 51.8 Å². The van der Waals surface area contributed by atoms with Gasteiger partial charge in [-0.3, -0.25) is 0 Å². The fourth-order valence-corrected chi connectivity index (χ4v) is 4.26. The van der Waals surface area contributed by atoms with Crippen LogP contribution in [0.3, 0.4) is 0 Å². The summed E-state index contributed by atoms with van der Waals surface area (Å²) in [6.45, 7) is 8.02. The Labute approximate surface area is 162 Å². The van der Waals surface area contributed by atoms with Gasteiger partial charge >= 0.3 is 6.09 Å². The summed E-state index contributed by atoms with van der Waals surface area (Å²) in [4.78, 5) is 14.3. The normalized spacial score (nSPS) is 24.6. The van der Waals surface area contributed by atoms with Crippen LogP contribution in [0.15, 0.2) is 18.2 Å². The van der Waals surface area contributed by atoms with Gasteiger partial charge in [0.1, 0.15) is 17.1 Å². The second-order valence-corrected chi connectivity index (χ2v) is 8.57. The lowest BCUT2D eigenvalue weighted by molar-refractivity contribution is 0.0114. The Morgan fingerprint density at radius 1 is 1.15 bits per heavy atom. The quantitative estimate of drug-likeness (QED) is 0.853. The molecule has 27 heavy (non-hydrogen) atoms. The smallest absolute Gasteiger partial charge is 0.410 e. The lowest BCUT2D eigenvalue weighted by Gasteiger charge is -2.39. The van der Waals surface area contributed by atoms with Crippen LogP contribution in [-0.2, 0) is 11.3 Å². The average Bonchev–Trinajstić information content (AvgIpc) is 2.85. The van der Waals surface area contributed by atoms with E-state index in [1.165, 1.54) is 0 Å². The van der Waals surface area contributed by atoms with E-state index in [1.807, 2.05) is 43.9 Å². The maximum atomic E-state index is 12.4. The molecule has 6 nitrogen and oxygen atoms in total. The molecule has 150 valence electrons. The number of benzene rings is 1. The van der Waals surface area contributed by atoms with Gasteiger partial charge < -0.3 is 24.4 Å². The predicted octanol–water partition coefficient (Wildman–Crippen LogP) is 3.44. The third-order valence-corrected chi connectivity index (χ3v) is 5.51. The summed E-state index contributed by atoms with van der Waals surface area (Å²) in [5, 5.41) is 3.72. The highest BCUT2D eigenvalue weighted by Gasteiger charge is 2.43. The van der Waals surface area contributed by atoms with E-state index in [-0.39, 0.29) is 6.09 Å². The van der Waals surface area contributed by atoms with Crippen molar-refractivity contribution in [3.63, 3.8) is 0 Å². The summed E-state index contributed by atoms with van der Waals surface area (Å²) in [5.74, 6) is 2.57. The molecule has 3 rings (SSSR count). The van der Waals surface area contributed by atoms with Crippen LogP contribution in [0.5, 0.6) is 11.5 Å². The first-order valence-electron chi connectivity index (χ1n) is 9.73. The van der Waals surface area contributed by atoms with Crippen LogP contribution < -0.4 is 14.8 Å². The molecule has 6 heteroatoms. The topological polar surface area (TPSA) is 60.0 Å². The van der Waals surface area contributed by atoms with Crippen LogP contribution in [-0.4, -0.2) is 49.9 Å². The second kappa shape index (κ2) is 7.97. The highest BCUT2D eigenvalue weighted by Crippen LogP contribution is 2.38. The zero-order valence-electron chi connectivity index (χ0n) is 17.1. The van der Waals surface area contributed by atoms with E-state index < -0.39 is 5.60 Å². The third kappa shape index (κ3) is 4.67. The summed E-state index contributed by atoms with van der Waals surface area (Å²) in [6, 6.07) is 6.34. The molecule has 2 atom stereocenters. The number of hydrogen-bond acceptors (Lipinski definition) is 5. The molecular formula is C21H32N2O4. The number of hydrogen-bond donors (Lipinski definition) is 1. The second-order valence-electron chi connectivity index (χ2n) is 8.57. The molecule has 1 saturated heterocycles. The summed E-state index contributed by atoms with van der Waals surface area (Å²) < 4.78 is 16.3. The first-order valence-corrected chi connectivity index (χ1v) is 9.73. The number of methoxy groups -OCH3 is 2. The molecule has 1 N–H and O–H groups in total. The number of nitrogens with one attached hydrogen (secondary N) is 1. The largest absolute Gasteiger partial charge is 0.497 e. The van der Waals surface area contributed by atoms with Crippen LogP contribution in [0, 0.1) is 11.8 Å². The Bertz CT molecular complexity index is 657. The minimum Gasteiger partial charge on any atom is -0.497 e. The van der Waals surface area contributed by atoms with Gasteiger partial charge in [0.2, 0.25) is 0 Å². The molecule has 2 unspecified atom stereocenters. The number of fused-ring (bicyclic) bond motifs is 2. The van der Waals surface area contributed by atoms with E-state index in [1.54, 1.807) is 14.2 Å². The molecule has 0 aromatic heterocycles. The van der Waals surface area contributed by atoms with E-state index >= 15 is 0 Å². The Morgan fingerprint density at radius 2 is 1.81 bits per heavy atom. The van der Waals surface area contributed by atoms with Crippen molar-refractivity contribution in [3.8, 4) is 11.5 Å². The number of piperidine rings is 1. The fraction of sp³-hybridized carbons (Fsp3) is 0.667. The number of carbonyl (C=O) groups excluding carboxylic acids is 1. The van der Waals surface area contributed by atoms with Crippen molar-refractivity contribution in [2.24, 2.45) is 11.8 Å². The van der Waals surface area contributed by atoms with Gasteiger partial charge in [-0.2, -0.15) is 0 Å². The number of likely N-dealkylation sites (tertiary alicyclic amines) is 1. The van der Waals surface area contributed by atoms with E-state index in [0.717, 1.165) is 49.5 Å². The number of nitrogens with zero attached hydrogens (tertiary/aromatic N) is 1. The lowest BCUT2D eigenvalue weighted by Crippen LogP contribution is -2.53. The number of rotatable bonds is 5. The third-order valence-electron chi connectivity index (χ3n) is 5.51. The van der Waals surface area contributed by atoms with Gasteiger partial charge in [0.05, 0.1) is 14.2 Å². The van der Waals surface area contributed by atoms with Crippen molar-refractivity contribution in [2.75, 3.05) is 27.3 Å². The van der Waals surface area contributed by atoms with E-state index in [4.69, 9.17) is 14.2 Å². The maximum absolute atomic E-state index is 12.4. The summed E-state index contributed by atoms with van der Waals surface area (Å²) in [7, 11) is 3.34. The molecule has 2 fully saturated rings. The molecule has 0 radical (unpaired) electrons.